The predicted molar refractivity (Wildman–Crippen MR) is 56.8 cm³/mol. The van der Waals surface area contributed by atoms with Crippen LogP contribution in [0.2, 0.25) is 0 Å². The first-order chi connectivity index (χ1) is 6.16. The Labute approximate surface area is 79.6 Å². The van der Waals surface area contributed by atoms with E-state index in [1.54, 1.807) is 6.20 Å². The molecule has 0 amide bonds. The van der Waals surface area contributed by atoms with E-state index in [9.17, 15) is 0 Å². The average Bonchev–Trinajstić information content (AvgIpc) is 2.16. The van der Waals surface area contributed by atoms with Crippen molar-refractivity contribution in [3.05, 3.63) is 18.3 Å². The number of pyridine rings is 1. The topological polar surface area (TPSA) is 42.2 Å². The lowest BCUT2D eigenvalue weighted by Crippen LogP contribution is -2.28. The molecule has 3 heteroatoms. The summed E-state index contributed by atoms with van der Waals surface area (Å²) in [6, 6.07) is 4.39. The Kier molecular flexibility index (Phi) is 3.12. The van der Waals surface area contributed by atoms with E-state index in [1.165, 1.54) is 0 Å². The van der Waals surface area contributed by atoms with E-state index in [-0.39, 0.29) is 0 Å². The smallest absolute Gasteiger partial charge is 0.146 e. The van der Waals surface area contributed by atoms with Crippen LogP contribution in [-0.4, -0.2) is 18.1 Å². The van der Waals surface area contributed by atoms with E-state index < -0.39 is 0 Å². The first-order valence-corrected chi connectivity index (χ1v) is 4.60. The molecule has 0 bridgehead atoms. The van der Waals surface area contributed by atoms with Gasteiger partial charge in [0.2, 0.25) is 0 Å². The number of aromatic nitrogens is 1. The van der Waals surface area contributed by atoms with E-state index in [0.29, 0.717) is 11.9 Å². The van der Waals surface area contributed by atoms with Crippen LogP contribution in [-0.2, 0) is 0 Å². The van der Waals surface area contributed by atoms with Crippen LogP contribution in [0, 0.1) is 0 Å². The monoisotopic (exact) mass is 179 g/mol. The Bertz CT molecular complexity index is 273. The molecule has 1 heterocycles. The molecule has 0 aliphatic rings. The molecule has 0 aromatic carbocycles. The maximum Gasteiger partial charge on any atom is 0.146 e. The van der Waals surface area contributed by atoms with Gasteiger partial charge in [0.1, 0.15) is 5.82 Å². The molecule has 0 saturated heterocycles. The predicted octanol–water partition coefficient (Wildman–Crippen LogP) is 1.90. The molecule has 0 fully saturated rings. The van der Waals surface area contributed by atoms with Crippen molar-refractivity contribution in [1.29, 1.82) is 0 Å². The lowest BCUT2D eigenvalue weighted by Gasteiger charge is -2.26. The standard InChI is InChI=1S/C10H17N3/c1-4-8(2)13(3)9-6-5-7-12-10(9)11/h5-8H,4H2,1-3H3,(H2,11,12). The Hall–Kier alpha value is -1.25. The molecule has 2 N–H and O–H groups in total. The van der Waals surface area contributed by atoms with Crippen LogP contribution in [0.3, 0.4) is 0 Å². The summed E-state index contributed by atoms with van der Waals surface area (Å²) in [4.78, 5) is 6.21. The fourth-order valence-electron chi connectivity index (χ4n) is 1.22. The normalized spacial score (nSPS) is 12.5. The van der Waals surface area contributed by atoms with Crippen molar-refractivity contribution in [3.63, 3.8) is 0 Å². The van der Waals surface area contributed by atoms with E-state index in [4.69, 9.17) is 5.73 Å². The number of nitrogen functional groups attached to an aromatic ring is 1. The summed E-state index contributed by atoms with van der Waals surface area (Å²) in [5.74, 6) is 0.602. The number of hydrogen-bond donors (Lipinski definition) is 1. The zero-order valence-electron chi connectivity index (χ0n) is 8.49. The quantitative estimate of drug-likeness (QED) is 0.770. The van der Waals surface area contributed by atoms with Gasteiger partial charge in [0.25, 0.3) is 0 Å². The molecule has 1 atom stereocenters. The van der Waals surface area contributed by atoms with E-state index in [2.05, 4.69) is 23.7 Å². The molecule has 72 valence electrons. The van der Waals surface area contributed by atoms with Gasteiger partial charge in [-0.2, -0.15) is 0 Å². The van der Waals surface area contributed by atoms with Crippen LogP contribution in [0.4, 0.5) is 11.5 Å². The molecular weight excluding hydrogens is 162 g/mol. The van der Waals surface area contributed by atoms with Crippen LogP contribution >= 0.6 is 0 Å². The molecule has 1 aromatic rings. The van der Waals surface area contributed by atoms with Crippen molar-refractivity contribution in [2.45, 2.75) is 26.3 Å². The Morgan fingerprint density at radius 1 is 1.62 bits per heavy atom. The second-order valence-electron chi connectivity index (χ2n) is 3.28. The highest BCUT2D eigenvalue weighted by atomic mass is 15.1. The second kappa shape index (κ2) is 4.12. The van der Waals surface area contributed by atoms with Gasteiger partial charge in [0.15, 0.2) is 0 Å². The molecule has 0 spiro atoms. The van der Waals surface area contributed by atoms with Crippen LogP contribution in [0.25, 0.3) is 0 Å². The highest BCUT2D eigenvalue weighted by molar-refractivity contribution is 5.62. The molecule has 1 unspecified atom stereocenters. The highest BCUT2D eigenvalue weighted by Gasteiger charge is 2.10. The summed E-state index contributed by atoms with van der Waals surface area (Å²) in [5, 5.41) is 0. The SMILES string of the molecule is CCC(C)N(C)c1cccnc1N. The first-order valence-electron chi connectivity index (χ1n) is 4.60. The Balaban J connectivity index is 2.88. The zero-order valence-corrected chi connectivity index (χ0v) is 8.49. The minimum atomic E-state index is 0.492. The van der Waals surface area contributed by atoms with Crippen LogP contribution < -0.4 is 10.6 Å². The largest absolute Gasteiger partial charge is 0.382 e. The van der Waals surface area contributed by atoms with Crippen molar-refractivity contribution < 1.29 is 0 Å². The maximum absolute atomic E-state index is 5.76. The minimum absolute atomic E-state index is 0.492. The molecule has 0 saturated carbocycles. The zero-order chi connectivity index (χ0) is 9.84. The third-order valence-corrected chi connectivity index (χ3v) is 2.45. The maximum atomic E-state index is 5.76. The molecular formula is C10H17N3. The van der Waals surface area contributed by atoms with Crippen molar-refractivity contribution in [3.8, 4) is 0 Å². The third kappa shape index (κ3) is 2.11. The number of nitrogens with zero attached hydrogens (tertiary/aromatic N) is 2. The number of nitrogens with two attached hydrogens (primary N) is 1. The van der Waals surface area contributed by atoms with Gasteiger partial charge in [0, 0.05) is 19.3 Å². The third-order valence-electron chi connectivity index (χ3n) is 2.45. The molecule has 1 rings (SSSR count). The average molecular weight is 179 g/mol. The van der Waals surface area contributed by atoms with Crippen LogP contribution in [0.15, 0.2) is 18.3 Å². The van der Waals surface area contributed by atoms with E-state index in [1.807, 2.05) is 19.2 Å². The summed E-state index contributed by atoms with van der Waals surface area (Å²) in [5.41, 5.74) is 6.77. The minimum Gasteiger partial charge on any atom is -0.382 e. The number of anilines is 2. The van der Waals surface area contributed by atoms with Crippen molar-refractivity contribution in [2.24, 2.45) is 0 Å². The molecule has 0 radical (unpaired) electrons. The molecule has 0 aliphatic carbocycles. The van der Waals surface area contributed by atoms with Crippen molar-refractivity contribution in [2.75, 3.05) is 17.7 Å². The van der Waals surface area contributed by atoms with Gasteiger partial charge >= 0.3 is 0 Å². The lowest BCUT2D eigenvalue weighted by molar-refractivity contribution is 0.664. The summed E-state index contributed by atoms with van der Waals surface area (Å²) in [6.07, 6.45) is 2.81. The summed E-state index contributed by atoms with van der Waals surface area (Å²) >= 11 is 0. The molecule has 0 aliphatic heterocycles. The number of hydrogen-bond acceptors (Lipinski definition) is 3. The van der Waals surface area contributed by atoms with Gasteiger partial charge in [-0.05, 0) is 25.5 Å². The molecule has 3 nitrogen and oxygen atoms in total. The van der Waals surface area contributed by atoms with E-state index >= 15 is 0 Å². The van der Waals surface area contributed by atoms with Gasteiger partial charge in [-0.3, -0.25) is 0 Å². The molecule has 1 aromatic heterocycles. The Morgan fingerprint density at radius 3 is 2.85 bits per heavy atom. The van der Waals surface area contributed by atoms with Crippen LogP contribution in [0.5, 0.6) is 0 Å². The second-order valence-corrected chi connectivity index (χ2v) is 3.28. The molecule has 13 heavy (non-hydrogen) atoms. The Morgan fingerprint density at radius 2 is 2.31 bits per heavy atom. The lowest BCUT2D eigenvalue weighted by atomic mass is 10.2. The van der Waals surface area contributed by atoms with Gasteiger partial charge in [-0.1, -0.05) is 6.92 Å². The van der Waals surface area contributed by atoms with Gasteiger partial charge in [-0.25, -0.2) is 4.98 Å². The van der Waals surface area contributed by atoms with Gasteiger partial charge < -0.3 is 10.6 Å². The number of rotatable bonds is 3. The fourth-order valence-corrected chi connectivity index (χ4v) is 1.22. The van der Waals surface area contributed by atoms with Crippen LogP contribution in [0.1, 0.15) is 20.3 Å². The van der Waals surface area contributed by atoms with Crippen molar-refractivity contribution >= 4 is 11.5 Å². The summed E-state index contributed by atoms with van der Waals surface area (Å²) in [6.45, 7) is 4.33. The van der Waals surface area contributed by atoms with E-state index in [0.717, 1.165) is 12.1 Å². The first kappa shape index (κ1) is 9.84. The summed E-state index contributed by atoms with van der Waals surface area (Å²) < 4.78 is 0. The fraction of sp³-hybridized carbons (Fsp3) is 0.500. The van der Waals surface area contributed by atoms with Crippen molar-refractivity contribution in [1.82, 2.24) is 4.98 Å². The summed E-state index contributed by atoms with van der Waals surface area (Å²) in [7, 11) is 2.04. The van der Waals surface area contributed by atoms with Gasteiger partial charge in [0.05, 0.1) is 5.69 Å². The van der Waals surface area contributed by atoms with Gasteiger partial charge in [-0.15, -0.1) is 0 Å². The highest BCUT2D eigenvalue weighted by Crippen LogP contribution is 2.21.